The molecule has 1 aromatic rings. The van der Waals surface area contributed by atoms with Gasteiger partial charge in [-0.15, -0.1) is 0 Å². The molecule has 1 fully saturated rings. The van der Waals surface area contributed by atoms with E-state index in [1.165, 1.54) is 5.56 Å². The molecule has 3 N–H and O–H groups in total. The van der Waals surface area contributed by atoms with E-state index in [2.05, 4.69) is 28.1 Å². The van der Waals surface area contributed by atoms with Gasteiger partial charge in [-0.25, -0.2) is 0 Å². The molecule has 2 aliphatic heterocycles. The Kier molecular flexibility index (Phi) is 3.82. The second kappa shape index (κ2) is 5.76. The lowest BCUT2D eigenvalue weighted by Crippen LogP contribution is -2.52. The van der Waals surface area contributed by atoms with E-state index in [1.54, 1.807) is 0 Å². The van der Waals surface area contributed by atoms with Crippen LogP contribution in [0.25, 0.3) is 0 Å². The first kappa shape index (κ1) is 13.9. The third-order valence-electron chi connectivity index (χ3n) is 4.39. The molecule has 112 valence electrons. The Hall–Kier alpha value is -2.04. The molecule has 2 amide bonds. The van der Waals surface area contributed by atoms with Crippen molar-refractivity contribution in [3.63, 3.8) is 0 Å². The van der Waals surface area contributed by atoms with Crippen LogP contribution in [0.5, 0.6) is 0 Å². The summed E-state index contributed by atoms with van der Waals surface area (Å²) in [5.74, 6) is 0.0744. The number of rotatable bonds is 2. The Bertz CT molecular complexity index is 548. The molecule has 0 radical (unpaired) electrons. The number of para-hydroxylation sites is 1. The van der Waals surface area contributed by atoms with Gasteiger partial charge in [-0.2, -0.15) is 0 Å². The standard InChI is InChI=1S/C16H21N3O2/c1-10-13(8-11-4-2-3-5-14(11)18-10)16(21)19-12-6-7-15(20)17-9-12/h2-5,10,12-13,18H,6-9H2,1H3,(H,17,20)(H,19,21). The Balaban J connectivity index is 1.64. The van der Waals surface area contributed by atoms with Gasteiger partial charge in [0.1, 0.15) is 0 Å². The smallest absolute Gasteiger partial charge is 0.225 e. The maximum atomic E-state index is 12.5. The molecule has 3 atom stereocenters. The first-order valence-corrected chi connectivity index (χ1v) is 7.55. The van der Waals surface area contributed by atoms with Gasteiger partial charge < -0.3 is 16.0 Å². The number of benzene rings is 1. The van der Waals surface area contributed by atoms with Gasteiger partial charge in [-0.05, 0) is 31.4 Å². The van der Waals surface area contributed by atoms with Crippen LogP contribution in [0.2, 0.25) is 0 Å². The number of piperidine rings is 1. The van der Waals surface area contributed by atoms with E-state index >= 15 is 0 Å². The van der Waals surface area contributed by atoms with E-state index in [0.717, 1.165) is 18.5 Å². The highest BCUT2D eigenvalue weighted by Gasteiger charge is 2.32. The molecule has 21 heavy (non-hydrogen) atoms. The molecule has 2 heterocycles. The first-order valence-electron chi connectivity index (χ1n) is 7.55. The van der Waals surface area contributed by atoms with E-state index in [4.69, 9.17) is 0 Å². The number of nitrogens with one attached hydrogen (secondary N) is 3. The van der Waals surface area contributed by atoms with Crippen molar-refractivity contribution in [1.82, 2.24) is 10.6 Å². The van der Waals surface area contributed by atoms with Gasteiger partial charge >= 0.3 is 0 Å². The van der Waals surface area contributed by atoms with Gasteiger partial charge in [0.25, 0.3) is 0 Å². The van der Waals surface area contributed by atoms with E-state index < -0.39 is 0 Å². The fourth-order valence-electron chi connectivity index (χ4n) is 3.08. The van der Waals surface area contributed by atoms with Crippen molar-refractivity contribution in [2.24, 2.45) is 5.92 Å². The van der Waals surface area contributed by atoms with Crippen molar-refractivity contribution in [3.05, 3.63) is 29.8 Å². The van der Waals surface area contributed by atoms with Crippen molar-refractivity contribution in [3.8, 4) is 0 Å². The topological polar surface area (TPSA) is 70.2 Å². The molecule has 3 unspecified atom stereocenters. The van der Waals surface area contributed by atoms with Crippen LogP contribution in [0.1, 0.15) is 25.3 Å². The quantitative estimate of drug-likeness (QED) is 0.761. The number of hydrogen-bond acceptors (Lipinski definition) is 3. The molecular weight excluding hydrogens is 266 g/mol. The van der Waals surface area contributed by atoms with Crippen LogP contribution in [-0.4, -0.2) is 30.4 Å². The highest BCUT2D eigenvalue weighted by molar-refractivity contribution is 5.82. The van der Waals surface area contributed by atoms with Crippen molar-refractivity contribution >= 4 is 17.5 Å². The minimum atomic E-state index is -0.0717. The summed E-state index contributed by atoms with van der Waals surface area (Å²) in [6.07, 6.45) is 1.98. The average molecular weight is 287 g/mol. The van der Waals surface area contributed by atoms with E-state index in [0.29, 0.717) is 13.0 Å². The van der Waals surface area contributed by atoms with Crippen LogP contribution in [0.4, 0.5) is 5.69 Å². The number of anilines is 1. The molecule has 0 saturated carbocycles. The molecule has 1 saturated heterocycles. The van der Waals surface area contributed by atoms with Gasteiger partial charge in [0.05, 0.1) is 5.92 Å². The van der Waals surface area contributed by atoms with Crippen LogP contribution in [0.3, 0.4) is 0 Å². The molecule has 2 aliphatic rings. The molecule has 0 aromatic heterocycles. The third-order valence-corrected chi connectivity index (χ3v) is 4.39. The van der Waals surface area contributed by atoms with E-state index in [-0.39, 0.29) is 29.8 Å². The molecular formula is C16H21N3O2. The monoisotopic (exact) mass is 287 g/mol. The second-order valence-electron chi connectivity index (χ2n) is 5.95. The predicted molar refractivity (Wildman–Crippen MR) is 80.9 cm³/mol. The van der Waals surface area contributed by atoms with Crippen LogP contribution in [-0.2, 0) is 16.0 Å². The van der Waals surface area contributed by atoms with Gasteiger partial charge in [0.2, 0.25) is 11.8 Å². The SMILES string of the molecule is CC1Nc2ccccc2CC1C(=O)NC1CCC(=O)NC1. The highest BCUT2D eigenvalue weighted by Crippen LogP contribution is 2.28. The normalized spacial score (nSPS) is 28.0. The van der Waals surface area contributed by atoms with Crippen molar-refractivity contribution in [1.29, 1.82) is 0 Å². The summed E-state index contributed by atoms with van der Waals surface area (Å²) < 4.78 is 0. The Morgan fingerprint density at radius 2 is 2.14 bits per heavy atom. The largest absolute Gasteiger partial charge is 0.382 e. The zero-order chi connectivity index (χ0) is 14.8. The summed E-state index contributed by atoms with van der Waals surface area (Å²) >= 11 is 0. The van der Waals surface area contributed by atoms with Crippen molar-refractivity contribution in [2.45, 2.75) is 38.3 Å². The van der Waals surface area contributed by atoms with Crippen LogP contribution in [0.15, 0.2) is 24.3 Å². The van der Waals surface area contributed by atoms with E-state index in [1.807, 2.05) is 19.1 Å². The van der Waals surface area contributed by atoms with Crippen LogP contribution < -0.4 is 16.0 Å². The zero-order valence-electron chi connectivity index (χ0n) is 12.2. The Morgan fingerprint density at radius 3 is 2.90 bits per heavy atom. The molecule has 1 aromatic carbocycles. The lowest BCUT2D eigenvalue weighted by atomic mass is 9.87. The molecule has 5 heteroatoms. The summed E-state index contributed by atoms with van der Waals surface area (Å²) in [4.78, 5) is 23.7. The van der Waals surface area contributed by atoms with E-state index in [9.17, 15) is 9.59 Å². The molecule has 5 nitrogen and oxygen atoms in total. The second-order valence-corrected chi connectivity index (χ2v) is 5.95. The van der Waals surface area contributed by atoms with Gasteiger partial charge in [0, 0.05) is 30.7 Å². The summed E-state index contributed by atoms with van der Waals surface area (Å²) in [5, 5.41) is 9.28. The number of hydrogen-bond donors (Lipinski definition) is 3. The summed E-state index contributed by atoms with van der Waals surface area (Å²) in [7, 11) is 0. The maximum absolute atomic E-state index is 12.5. The summed E-state index contributed by atoms with van der Waals surface area (Å²) in [6.45, 7) is 2.58. The minimum Gasteiger partial charge on any atom is -0.382 e. The summed E-state index contributed by atoms with van der Waals surface area (Å²) in [5.41, 5.74) is 2.31. The predicted octanol–water partition coefficient (Wildman–Crippen LogP) is 1.05. The first-order chi connectivity index (χ1) is 10.1. The number of carbonyl (C=O) groups is 2. The fourth-order valence-corrected chi connectivity index (χ4v) is 3.08. The maximum Gasteiger partial charge on any atom is 0.225 e. The number of carbonyl (C=O) groups excluding carboxylic acids is 2. The average Bonchev–Trinajstić information content (AvgIpc) is 2.49. The number of amides is 2. The Morgan fingerprint density at radius 1 is 1.33 bits per heavy atom. The van der Waals surface area contributed by atoms with Crippen molar-refractivity contribution in [2.75, 3.05) is 11.9 Å². The number of fused-ring (bicyclic) bond motifs is 1. The third kappa shape index (κ3) is 3.01. The molecule has 0 aliphatic carbocycles. The lowest BCUT2D eigenvalue weighted by molar-refractivity contribution is -0.128. The highest BCUT2D eigenvalue weighted by atomic mass is 16.2. The minimum absolute atomic E-state index is 0.0552. The zero-order valence-corrected chi connectivity index (χ0v) is 12.2. The van der Waals surface area contributed by atoms with Crippen LogP contribution in [0, 0.1) is 5.92 Å². The van der Waals surface area contributed by atoms with Crippen LogP contribution >= 0.6 is 0 Å². The van der Waals surface area contributed by atoms with Crippen molar-refractivity contribution < 1.29 is 9.59 Å². The van der Waals surface area contributed by atoms with Gasteiger partial charge in [-0.1, -0.05) is 18.2 Å². The van der Waals surface area contributed by atoms with Gasteiger partial charge in [-0.3, -0.25) is 9.59 Å². The Labute approximate surface area is 124 Å². The molecule has 0 spiro atoms. The molecule has 3 rings (SSSR count). The molecule has 0 bridgehead atoms. The fraction of sp³-hybridized carbons (Fsp3) is 0.500. The summed E-state index contributed by atoms with van der Waals surface area (Å²) in [6, 6.07) is 8.29. The van der Waals surface area contributed by atoms with Gasteiger partial charge in [0.15, 0.2) is 0 Å². The lowest BCUT2D eigenvalue weighted by Gasteiger charge is -2.33.